The van der Waals surface area contributed by atoms with Gasteiger partial charge in [-0.25, -0.2) is 0 Å². The predicted molar refractivity (Wildman–Crippen MR) is 93.8 cm³/mol. The highest BCUT2D eigenvalue weighted by Crippen LogP contribution is 2.32. The van der Waals surface area contributed by atoms with Crippen LogP contribution in [0, 0.1) is 5.92 Å². The maximum Gasteiger partial charge on any atom is 0.271 e. The lowest BCUT2D eigenvalue weighted by atomic mass is 9.84. The average Bonchev–Trinajstić information content (AvgIpc) is 3.00. The molecule has 3 aliphatic heterocycles. The van der Waals surface area contributed by atoms with Crippen LogP contribution < -0.4 is 10.1 Å². The van der Waals surface area contributed by atoms with Gasteiger partial charge < -0.3 is 15.0 Å². The smallest absolute Gasteiger partial charge is 0.271 e. The Morgan fingerprint density at radius 1 is 1.39 bits per heavy atom. The number of piperidine rings is 3. The molecule has 0 aliphatic carbocycles. The minimum atomic E-state index is -0.0572. The molecule has 5 nitrogen and oxygen atoms in total. The highest BCUT2D eigenvalue weighted by atomic mass is 35.5. The van der Waals surface area contributed by atoms with Crippen molar-refractivity contribution in [3.63, 3.8) is 0 Å². The first-order valence-corrected chi connectivity index (χ1v) is 8.49. The zero-order valence-corrected chi connectivity index (χ0v) is 14.6. The lowest BCUT2D eigenvalue weighted by Gasteiger charge is -2.44. The van der Waals surface area contributed by atoms with Crippen LogP contribution >= 0.6 is 23.9 Å². The van der Waals surface area contributed by atoms with Crippen LogP contribution in [0.3, 0.4) is 0 Å². The van der Waals surface area contributed by atoms with E-state index in [-0.39, 0.29) is 24.4 Å². The molecule has 0 saturated carbocycles. The number of nitrogens with one attached hydrogen (secondary N) is 1. The third-order valence-electron chi connectivity index (χ3n) is 4.87. The van der Waals surface area contributed by atoms with Crippen LogP contribution in [-0.2, 0) is 0 Å². The maximum atomic E-state index is 12.6. The van der Waals surface area contributed by atoms with Gasteiger partial charge in [-0.3, -0.25) is 4.79 Å². The second-order valence-electron chi connectivity index (χ2n) is 6.09. The second-order valence-corrected chi connectivity index (χ2v) is 6.86. The van der Waals surface area contributed by atoms with Gasteiger partial charge in [-0.1, -0.05) is 12.1 Å². The molecule has 3 fully saturated rings. The Kier molecular flexibility index (Phi) is 4.75. The normalized spacial score (nSPS) is 25.9. The molecule has 7 heteroatoms. The number of carbonyl (C=O) groups excluding carboxylic acids is 1. The van der Waals surface area contributed by atoms with E-state index >= 15 is 0 Å². The number of aromatic nitrogens is 1. The fraction of sp³-hybridized carbons (Fsp3) is 0.500. The molecule has 124 valence electrons. The van der Waals surface area contributed by atoms with E-state index in [0.717, 1.165) is 22.4 Å². The summed E-state index contributed by atoms with van der Waals surface area (Å²) in [6.45, 7) is 3.32. The summed E-state index contributed by atoms with van der Waals surface area (Å²) in [4.78, 5) is 15.1. The highest BCUT2D eigenvalue weighted by Gasteiger charge is 2.35. The molecule has 3 aliphatic rings. The molecule has 2 aromatic rings. The number of carbonyl (C=O) groups is 1. The van der Waals surface area contributed by atoms with Gasteiger partial charge >= 0.3 is 0 Å². The van der Waals surface area contributed by atoms with Crippen molar-refractivity contribution in [2.75, 3.05) is 26.7 Å². The van der Waals surface area contributed by atoms with E-state index in [1.165, 1.54) is 37.5 Å². The summed E-state index contributed by atoms with van der Waals surface area (Å²) >= 11 is 1.32. The Labute approximate surface area is 145 Å². The molecule has 0 radical (unpaired) electrons. The monoisotopic (exact) mass is 353 g/mol. The van der Waals surface area contributed by atoms with E-state index in [2.05, 4.69) is 14.6 Å². The number of halogens is 1. The first-order valence-electron chi connectivity index (χ1n) is 7.72. The molecule has 23 heavy (non-hydrogen) atoms. The summed E-state index contributed by atoms with van der Waals surface area (Å²) in [5, 5.41) is 4.08. The van der Waals surface area contributed by atoms with Crippen LogP contribution in [0.4, 0.5) is 0 Å². The minimum absolute atomic E-state index is 0. The Bertz CT molecular complexity index is 712. The van der Waals surface area contributed by atoms with E-state index in [4.69, 9.17) is 4.74 Å². The van der Waals surface area contributed by atoms with Crippen LogP contribution in [-0.4, -0.2) is 48.0 Å². The number of methoxy groups -OCH3 is 1. The van der Waals surface area contributed by atoms with E-state index in [9.17, 15) is 4.79 Å². The van der Waals surface area contributed by atoms with Crippen molar-refractivity contribution < 1.29 is 9.53 Å². The maximum absolute atomic E-state index is 12.6. The number of benzene rings is 1. The quantitative estimate of drug-likeness (QED) is 0.921. The van der Waals surface area contributed by atoms with Gasteiger partial charge in [-0.2, -0.15) is 4.37 Å². The summed E-state index contributed by atoms with van der Waals surface area (Å²) < 4.78 is 10.6. The van der Waals surface area contributed by atoms with Crippen LogP contribution in [0.5, 0.6) is 5.75 Å². The number of ether oxygens (including phenoxy) is 1. The van der Waals surface area contributed by atoms with Gasteiger partial charge in [-0.05, 0) is 49.4 Å². The number of hydrogen-bond donors (Lipinski definition) is 1. The molecule has 1 N–H and O–H groups in total. The third kappa shape index (κ3) is 2.91. The molecule has 2 bridgehead atoms. The van der Waals surface area contributed by atoms with Crippen molar-refractivity contribution in [1.29, 1.82) is 0 Å². The first kappa shape index (κ1) is 16.5. The zero-order chi connectivity index (χ0) is 15.1. The number of rotatable bonds is 3. The van der Waals surface area contributed by atoms with Gasteiger partial charge in [0.2, 0.25) is 0 Å². The zero-order valence-electron chi connectivity index (χ0n) is 12.9. The fourth-order valence-corrected chi connectivity index (χ4v) is 4.50. The van der Waals surface area contributed by atoms with Crippen molar-refractivity contribution in [2.45, 2.75) is 18.9 Å². The standard InChI is InChI=1S/C16H19N3O2S.ClH/c1-21-13-4-2-3-11-14(18-22-15(11)13)16(20)17-12-9-19-7-5-10(12)6-8-19;/h2-4,10,12H,5-9H2,1H3,(H,17,20);1H/t12-;/m1./s1. The Morgan fingerprint density at radius 2 is 2.17 bits per heavy atom. The molecule has 1 atom stereocenters. The molecule has 3 saturated heterocycles. The Morgan fingerprint density at radius 3 is 2.83 bits per heavy atom. The van der Waals surface area contributed by atoms with Gasteiger partial charge in [0.05, 0.1) is 11.8 Å². The summed E-state index contributed by atoms with van der Waals surface area (Å²) in [6, 6.07) is 6.00. The van der Waals surface area contributed by atoms with Crippen LogP contribution in [0.1, 0.15) is 23.3 Å². The van der Waals surface area contributed by atoms with Gasteiger partial charge in [0.25, 0.3) is 5.91 Å². The molecule has 5 rings (SSSR count). The first-order chi connectivity index (χ1) is 10.8. The molecular weight excluding hydrogens is 334 g/mol. The molecule has 1 aromatic heterocycles. The highest BCUT2D eigenvalue weighted by molar-refractivity contribution is 7.14. The largest absolute Gasteiger partial charge is 0.495 e. The Balaban J connectivity index is 0.00000156. The number of nitrogens with zero attached hydrogens (tertiary/aromatic N) is 2. The van der Waals surface area contributed by atoms with Crippen molar-refractivity contribution >= 4 is 39.9 Å². The molecule has 0 unspecified atom stereocenters. The van der Waals surface area contributed by atoms with Crippen molar-refractivity contribution in [1.82, 2.24) is 14.6 Å². The van der Waals surface area contributed by atoms with E-state index in [1.54, 1.807) is 7.11 Å². The topological polar surface area (TPSA) is 54.5 Å². The predicted octanol–water partition coefficient (Wildman–Crippen LogP) is 2.55. The van der Waals surface area contributed by atoms with Gasteiger partial charge in [-0.15, -0.1) is 12.4 Å². The lowest BCUT2D eigenvalue weighted by molar-refractivity contribution is 0.0619. The van der Waals surface area contributed by atoms with Gasteiger partial charge in [0, 0.05) is 18.0 Å². The summed E-state index contributed by atoms with van der Waals surface area (Å²) in [5.41, 5.74) is 0.523. The fourth-order valence-electron chi connectivity index (χ4n) is 3.63. The van der Waals surface area contributed by atoms with Crippen LogP contribution in [0.15, 0.2) is 18.2 Å². The SMILES string of the molecule is COc1cccc2c(C(=O)N[C@@H]3CN4CCC3CC4)nsc12.Cl. The van der Waals surface area contributed by atoms with E-state index in [1.807, 2.05) is 18.2 Å². The van der Waals surface area contributed by atoms with Gasteiger partial charge in [0.1, 0.15) is 11.4 Å². The van der Waals surface area contributed by atoms with Crippen molar-refractivity contribution in [3.05, 3.63) is 23.9 Å². The molecule has 1 amide bonds. The average molecular weight is 354 g/mol. The number of amides is 1. The van der Waals surface area contributed by atoms with E-state index < -0.39 is 0 Å². The summed E-state index contributed by atoms with van der Waals surface area (Å²) in [6.07, 6.45) is 2.38. The number of hydrogen-bond acceptors (Lipinski definition) is 5. The number of fused-ring (bicyclic) bond motifs is 4. The van der Waals surface area contributed by atoms with Crippen LogP contribution in [0.25, 0.3) is 10.1 Å². The lowest BCUT2D eigenvalue weighted by Crippen LogP contribution is -2.57. The molecular formula is C16H20ClN3O2S. The molecule has 4 heterocycles. The van der Waals surface area contributed by atoms with Gasteiger partial charge in [0.15, 0.2) is 0 Å². The van der Waals surface area contributed by atoms with Crippen molar-refractivity contribution in [3.8, 4) is 5.75 Å². The van der Waals surface area contributed by atoms with E-state index in [0.29, 0.717) is 11.6 Å². The second kappa shape index (κ2) is 6.63. The third-order valence-corrected chi connectivity index (χ3v) is 5.75. The molecule has 0 spiro atoms. The summed E-state index contributed by atoms with van der Waals surface area (Å²) in [5.74, 6) is 1.34. The minimum Gasteiger partial charge on any atom is -0.495 e. The Hall–Kier alpha value is -1.37. The summed E-state index contributed by atoms with van der Waals surface area (Å²) in [7, 11) is 1.64. The van der Waals surface area contributed by atoms with Crippen LogP contribution in [0.2, 0.25) is 0 Å². The molecule has 1 aromatic carbocycles. The van der Waals surface area contributed by atoms with Crippen molar-refractivity contribution in [2.24, 2.45) is 5.92 Å².